The molecule has 0 bridgehead atoms. The second kappa shape index (κ2) is 10.2. The highest BCUT2D eigenvalue weighted by Crippen LogP contribution is 2.22. The standard InChI is InChI=1S/C21H34N2O3S/c1-17(2)8-7-9-18(3)22-21(24)20-12-14-23(15-13-20)27(25,26)16-19-10-5-4-6-11-19/h4-6,10-11,17-18,20H,7-9,12-16H2,1-3H3,(H,22,24). The average molecular weight is 395 g/mol. The predicted molar refractivity (Wildman–Crippen MR) is 110 cm³/mol. The van der Waals surface area contributed by atoms with Gasteiger partial charge in [0.15, 0.2) is 0 Å². The quantitative estimate of drug-likeness (QED) is 0.696. The third-order valence-corrected chi connectivity index (χ3v) is 7.07. The van der Waals surface area contributed by atoms with Crippen molar-refractivity contribution in [2.24, 2.45) is 11.8 Å². The van der Waals surface area contributed by atoms with Crippen molar-refractivity contribution in [1.82, 2.24) is 9.62 Å². The summed E-state index contributed by atoms with van der Waals surface area (Å²) in [5.41, 5.74) is 0.799. The maximum Gasteiger partial charge on any atom is 0.223 e. The van der Waals surface area contributed by atoms with Gasteiger partial charge in [0.1, 0.15) is 0 Å². The van der Waals surface area contributed by atoms with Gasteiger partial charge in [-0.15, -0.1) is 0 Å². The lowest BCUT2D eigenvalue weighted by atomic mass is 9.96. The lowest BCUT2D eigenvalue weighted by Gasteiger charge is -2.31. The molecule has 1 aliphatic rings. The lowest BCUT2D eigenvalue weighted by molar-refractivity contribution is -0.126. The summed E-state index contributed by atoms with van der Waals surface area (Å²) in [6, 6.07) is 9.42. The molecule has 1 heterocycles. The van der Waals surface area contributed by atoms with Crippen LogP contribution < -0.4 is 5.32 Å². The molecule has 1 fully saturated rings. The highest BCUT2D eigenvalue weighted by molar-refractivity contribution is 7.88. The van der Waals surface area contributed by atoms with E-state index in [4.69, 9.17) is 0 Å². The summed E-state index contributed by atoms with van der Waals surface area (Å²) in [5, 5.41) is 3.11. The van der Waals surface area contributed by atoms with E-state index in [1.807, 2.05) is 30.3 Å². The summed E-state index contributed by atoms with van der Waals surface area (Å²) >= 11 is 0. The van der Waals surface area contributed by atoms with Crippen molar-refractivity contribution in [1.29, 1.82) is 0 Å². The molecule has 0 aromatic heterocycles. The molecule has 1 aromatic carbocycles. The number of rotatable bonds is 9. The van der Waals surface area contributed by atoms with E-state index < -0.39 is 10.0 Å². The molecule has 0 aliphatic carbocycles. The number of amides is 1. The van der Waals surface area contributed by atoms with Gasteiger partial charge in [-0.25, -0.2) is 12.7 Å². The molecule has 1 amide bonds. The van der Waals surface area contributed by atoms with Crippen molar-refractivity contribution >= 4 is 15.9 Å². The van der Waals surface area contributed by atoms with Gasteiger partial charge in [0, 0.05) is 25.0 Å². The van der Waals surface area contributed by atoms with E-state index in [-0.39, 0.29) is 23.6 Å². The van der Waals surface area contributed by atoms with Gasteiger partial charge in [-0.05, 0) is 37.7 Å². The monoisotopic (exact) mass is 394 g/mol. The molecular weight excluding hydrogens is 360 g/mol. The molecule has 5 nitrogen and oxygen atoms in total. The highest BCUT2D eigenvalue weighted by Gasteiger charge is 2.31. The second-order valence-corrected chi connectivity index (χ2v) is 10.1. The average Bonchev–Trinajstić information content (AvgIpc) is 2.62. The van der Waals surface area contributed by atoms with Gasteiger partial charge < -0.3 is 5.32 Å². The van der Waals surface area contributed by atoms with Crippen LogP contribution in [0.4, 0.5) is 0 Å². The van der Waals surface area contributed by atoms with Crippen molar-refractivity contribution < 1.29 is 13.2 Å². The number of piperidine rings is 1. The number of nitrogens with zero attached hydrogens (tertiary/aromatic N) is 1. The van der Waals surface area contributed by atoms with Crippen LogP contribution in [0.25, 0.3) is 0 Å². The summed E-state index contributed by atoms with van der Waals surface area (Å²) in [6.45, 7) is 7.33. The topological polar surface area (TPSA) is 66.5 Å². The van der Waals surface area contributed by atoms with Gasteiger partial charge in [0.25, 0.3) is 0 Å². The maximum atomic E-state index is 12.6. The van der Waals surface area contributed by atoms with Crippen LogP contribution in [-0.4, -0.2) is 37.8 Å². The summed E-state index contributed by atoms with van der Waals surface area (Å²) < 4.78 is 26.8. The lowest BCUT2D eigenvalue weighted by Crippen LogP contribution is -2.45. The summed E-state index contributed by atoms with van der Waals surface area (Å²) in [6.07, 6.45) is 4.48. The Hall–Kier alpha value is -1.40. The van der Waals surface area contributed by atoms with Crippen LogP contribution in [0.5, 0.6) is 0 Å². The zero-order chi connectivity index (χ0) is 19.9. The number of carbonyl (C=O) groups is 1. The van der Waals surface area contributed by atoms with Crippen LogP contribution in [-0.2, 0) is 20.6 Å². The minimum atomic E-state index is -3.33. The Morgan fingerprint density at radius 2 is 1.74 bits per heavy atom. The normalized spacial score (nSPS) is 17.8. The smallest absolute Gasteiger partial charge is 0.223 e. The number of hydrogen-bond donors (Lipinski definition) is 1. The zero-order valence-electron chi connectivity index (χ0n) is 16.9. The van der Waals surface area contributed by atoms with E-state index in [2.05, 4.69) is 26.1 Å². The first-order valence-corrected chi connectivity index (χ1v) is 11.7. The molecule has 1 aromatic rings. The SMILES string of the molecule is CC(C)CCCC(C)NC(=O)C1CCN(S(=O)(=O)Cc2ccccc2)CC1. The number of sulfonamides is 1. The van der Waals surface area contributed by atoms with Gasteiger partial charge in [-0.3, -0.25) is 4.79 Å². The first-order chi connectivity index (χ1) is 12.8. The van der Waals surface area contributed by atoms with Gasteiger partial charge in [-0.2, -0.15) is 0 Å². The van der Waals surface area contributed by atoms with Crippen LogP contribution in [0.2, 0.25) is 0 Å². The molecule has 0 radical (unpaired) electrons. The van der Waals surface area contributed by atoms with Crippen LogP contribution in [0.15, 0.2) is 30.3 Å². The minimum Gasteiger partial charge on any atom is -0.353 e. The molecule has 1 N–H and O–H groups in total. The van der Waals surface area contributed by atoms with E-state index >= 15 is 0 Å². The minimum absolute atomic E-state index is 0.0254. The third kappa shape index (κ3) is 7.26. The van der Waals surface area contributed by atoms with Crippen LogP contribution in [0.1, 0.15) is 58.4 Å². The van der Waals surface area contributed by atoms with Crippen LogP contribution >= 0.6 is 0 Å². The van der Waals surface area contributed by atoms with Gasteiger partial charge in [0.2, 0.25) is 15.9 Å². The Kier molecular flexibility index (Phi) is 8.29. The van der Waals surface area contributed by atoms with Crippen molar-refractivity contribution in [3.63, 3.8) is 0 Å². The maximum absolute atomic E-state index is 12.6. The van der Waals surface area contributed by atoms with E-state index in [1.165, 1.54) is 10.7 Å². The fourth-order valence-electron chi connectivity index (χ4n) is 3.54. The molecule has 152 valence electrons. The number of carbonyl (C=O) groups excluding carboxylic acids is 1. The molecule has 6 heteroatoms. The number of hydrogen-bond acceptors (Lipinski definition) is 3. The zero-order valence-corrected chi connectivity index (χ0v) is 17.7. The van der Waals surface area contributed by atoms with E-state index in [0.29, 0.717) is 31.8 Å². The summed E-state index contributed by atoms with van der Waals surface area (Å²) in [7, 11) is -3.33. The largest absolute Gasteiger partial charge is 0.353 e. The van der Waals surface area contributed by atoms with Crippen LogP contribution in [0.3, 0.4) is 0 Å². The Morgan fingerprint density at radius 1 is 1.11 bits per heavy atom. The first-order valence-electron chi connectivity index (χ1n) is 10.1. The summed E-state index contributed by atoms with van der Waals surface area (Å²) in [4.78, 5) is 12.5. The fourth-order valence-corrected chi connectivity index (χ4v) is 5.10. The molecular formula is C21H34N2O3S. The Balaban J connectivity index is 1.77. The molecule has 2 rings (SSSR count). The molecule has 1 unspecified atom stereocenters. The first kappa shape index (κ1) is 21.9. The predicted octanol–water partition coefficient (Wildman–Crippen LogP) is 3.56. The van der Waals surface area contributed by atoms with Crippen molar-refractivity contribution in [3.8, 4) is 0 Å². The summed E-state index contributed by atoms with van der Waals surface area (Å²) in [5.74, 6) is 0.709. The molecule has 0 spiro atoms. The van der Waals surface area contributed by atoms with Crippen LogP contribution in [0, 0.1) is 11.8 Å². The van der Waals surface area contributed by atoms with Gasteiger partial charge in [0.05, 0.1) is 5.75 Å². The fraction of sp³-hybridized carbons (Fsp3) is 0.667. The third-order valence-electron chi connectivity index (χ3n) is 5.22. The van der Waals surface area contributed by atoms with E-state index in [9.17, 15) is 13.2 Å². The Morgan fingerprint density at radius 3 is 2.33 bits per heavy atom. The molecule has 27 heavy (non-hydrogen) atoms. The van der Waals surface area contributed by atoms with Gasteiger partial charge >= 0.3 is 0 Å². The molecule has 1 atom stereocenters. The highest BCUT2D eigenvalue weighted by atomic mass is 32.2. The molecule has 1 aliphatic heterocycles. The van der Waals surface area contributed by atoms with Gasteiger partial charge in [-0.1, -0.05) is 57.0 Å². The number of benzene rings is 1. The Bertz CT molecular complexity index is 681. The van der Waals surface area contributed by atoms with Crippen molar-refractivity contribution in [2.75, 3.05) is 13.1 Å². The van der Waals surface area contributed by atoms with Crippen molar-refractivity contribution in [3.05, 3.63) is 35.9 Å². The number of nitrogens with one attached hydrogen (secondary N) is 1. The van der Waals surface area contributed by atoms with Crippen molar-refractivity contribution in [2.45, 2.75) is 64.7 Å². The molecule has 0 saturated carbocycles. The van der Waals surface area contributed by atoms with E-state index in [0.717, 1.165) is 18.4 Å². The second-order valence-electron chi connectivity index (χ2n) is 8.15. The Labute approximate surface area is 164 Å². The molecule has 1 saturated heterocycles. The van der Waals surface area contributed by atoms with E-state index in [1.54, 1.807) is 0 Å².